The first kappa shape index (κ1) is 24.2. The summed E-state index contributed by atoms with van der Waals surface area (Å²) < 4.78 is 30.1. The van der Waals surface area contributed by atoms with Crippen LogP contribution in [0.25, 0.3) is 10.2 Å². The summed E-state index contributed by atoms with van der Waals surface area (Å²) in [5, 5.41) is 5.21. The Kier molecular flexibility index (Phi) is 7.88. The number of sulfonamides is 1. The lowest BCUT2D eigenvalue weighted by atomic mass is 10.2. The molecule has 170 valence electrons. The van der Waals surface area contributed by atoms with Crippen LogP contribution in [-0.2, 0) is 30.9 Å². The Bertz CT molecular complexity index is 1310. The van der Waals surface area contributed by atoms with Crippen LogP contribution in [0.3, 0.4) is 0 Å². The first-order valence-electron chi connectivity index (χ1n) is 9.67. The van der Waals surface area contributed by atoms with Crippen molar-refractivity contribution in [3.05, 3.63) is 52.8 Å². The molecule has 0 saturated carbocycles. The lowest BCUT2D eigenvalue weighted by molar-refractivity contribution is -0.141. The summed E-state index contributed by atoms with van der Waals surface area (Å²) in [7, 11) is -2.61. The molecular formula is C21H23N3O5S3. The van der Waals surface area contributed by atoms with Gasteiger partial charge in [0.05, 0.1) is 22.2 Å². The molecule has 1 aromatic heterocycles. The van der Waals surface area contributed by atoms with Gasteiger partial charge in [0.1, 0.15) is 6.54 Å². The lowest BCUT2D eigenvalue weighted by Crippen LogP contribution is -2.22. The van der Waals surface area contributed by atoms with Gasteiger partial charge in [-0.25, -0.2) is 13.6 Å². The number of thioether (sulfide) groups is 1. The molecule has 2 aromatic carbocycles. The second kappa shape index (κ2) is 10.4. The Morgan fingerprint density at radius 1 is 1.19 bits per heavy atom. The van der Waals surface area contributed by atoms with Crippen molar-refractivity contribution in [2.45, 2.75) is 36.1 Å². The number of carbonyl (C=O) groups is 2. The molecule has 0 unspecified atom stereocenters. The molecule has 0 saturated heterocycles. The summed E-state index contributed by atoms with van der Waals surface area (Å²) in [5.74, 6) is -0.0497. The number of carbonyl (C=O) groups excluding carboxylic acids is 2. The first-order valence-corrected chi connectivity index (χ1v) is 13.0. The summed E-state index contributed by atoms with van der Waals surface area (Å²) in [4.78, 5) is 29.9. The van der Waals surface area contributed by atoms with Crippen LogP contribution in [0, 0.1) is 6.92 Å². The molecular weight excluding hydrogens is 470 g/mol. The van der Waals surface area contributed by atoms with E-state index in [1.54, 1.807) is 11.8 Å². The topological polar surface area (TPSA) is 121 Å². The smallest absolute Gasteiger partial charge is 0.325 e. The lowest BCUT2D eigenvalue weighted by Gasteiger charge is -2.04. The van der Waals surface area contributed by atoms with Crippen LogP contribution < -0.4 is 9.94 Å². The van der Waals surface area contributed by atoms with Crippen LogP contribution in [0.1, 0.15) is 18.4 Å². The summed E-state index contributed by atoms with van der Waals surface area (Å²) in [5.41, 5.74) is 1.76. The van der Waals surface area contributed by atoms with E-state index in [1.165, 1.54) is 35.4 Å². The third-order valence-corrected chi connectivity index (χ3v) is 7.59. The Balaban J connectivity index is 1.79. The van der Waals surface area contributed by atoms with Gasteiger partial charge in [-0.15, -0.1) is 11.8 Å². The van der Waals surface area contributed by atoms with Crippen LogP contribution in [0.5, 0.6) is 0 Å². The third kappa shape index (κ3) is 6.28. The van der Waals surface area contributed by atoms with Gasteiger partial charge in [-0.3, -0.25) is 9.59 Å². The van der Waals surface area contributed by atoms with Gasteiger partial charge in [-0.2, -0.15) is 4.99 Å². The molecule has 0 spiro atoms. The number of benzene rings is 2. The fourth-order valence-electron chi connectivity index (χ4n) is 2.87. The SMILES string of the molecule is COC(=O)Cn1c(=NC(=O)CCCSc2ccc(C)cc2)sc2cc(S(N)(=O)=O)ccc21. The average Bonchev–Trinajstić information content (AvgIpc) is 3.07. The van der Waals surface area contributed by atoms with Crippen LogP contribution in [0.15, 0.2) is 57.2 Å². The van der Waals surface area contributed by atoms with Crippen molar-refractivity contribution in [2.24, 2.45) is 10.1 Å². The van der Waals surface area contributed by atoms with E-state index in [-0.39, 0.29) is 23.8 Å². The van der Waals surface area contributed by atoms with E-state index in [2.05, 4.69) is 17.1 Å². The number of methoxy groups -OCH3 is 1. The fraction of sp³-hybridized carbons (Fsp3) is 0.286. The molecule has 3 aromatic rings. The van der Waals surface area contributed by atoms with Gasteiger partial charge in [0, 0.05) is 11.3 Å². The van der Waals surface area contributed by atoms with Crippen molar-refractivity contribution >= 4 is 55.2 Å². The van der Waals surface area contributed by atoms with Gasteiger partial charge in [0.2, 0.25) is 15.9 Å². The highest BCUT2D eigenvalue weighted by atomic mass is 32.2. The molecule has 0 aliphatic carbocycles. The Morgan fingerprint density at radius 2 is 1.91 bits per heavy atom. The maximum Gasteiger partial charge on any atom is 0.325 e. The van der Waals surface area contributed by atoms with Crippen molar-refractivity contribution in [1.82, 2.24) is 4.57 Å². The highest BCUT2D eigenvalue weighted by Gasteiger charge is 2.15. The van der Waals surface area contributed by atoms with Crippen molar-refractivity contribution in [1.29, 1.82) is 0 Å². The number of primary sulfonamides is 1. The van der Waals surface area contributed by atoms with Crippen molar-refractivity contribution < 1.29 is 22.7 Å². The number of nitrogens with two attached hydrogens (primary N) is 1. The molecule has 1 amide bonds. The molecule has 0 radical (unpaired) electrons. The number of aromatic nitrogens is 1. The Morgan fingerprint density at radius 3 is 2.56 bits per heavy atom. The minimum absolute atomic E-state index is 0.0533. The van der Waals surface area contributed by atoms with Crippen LogP contribution >= 0.6 is 23.1 Å². The first-order chi connectivity index (χ1) is 15.2. The molecule has 11 heteroatoms. The number of thiazole rings is 1. The quantitative estimate of drug-likeness (QED) is 0.293. The van der Waals surface area contributed by atoms with E-state index < -0.39 is 16.0 Å². The van der Waals surface area contributed by atoms with Crippen molar-refractivity contribution in [3.8, 4) is 0 Å². The molecule has 0 bridgehead atoms. The molecule has 1 heterocycles. The number of nitrogens with zero attached hydrogens (tertiary/aromatic N) is 2. The van der Waals surface area contributed by atoms with E-state index in [1.807, 2.05) is 19.1 Å². The number of rotatable bonds is 8. The zero-order valence-electron chi connectivity index (χ0n) is 17.6. The van der Waals surface area contributed by atoms with Gasteiger partial charge in [-0.05, 0) is 49.4 Å². The van der Waals surface area contributed by atoms with Crippen molar-refractivity contribution in [2.75, 3.05) is 12.9 Å². The molecule has 8 nitrogen and oxygen atoms in total. The van der Waals surface area contributed by atoms with Crippen LogP contribution in [0.4, 0.5) is 0 Å². The van der Waals surface area contributed by atoms with Gasteiger partial charge < -0.3 is 9.30 Å². The zero-order chi connectivity index (χ0) is 23.3. The maximum atomic E-state index is 12.5. The summed E-state index contributed by atoms with van der Waals surface area (Å²) in [6.07, 6.45) is 0.909. The molecule has 3 rings (SSSR count). The molecule has 0 atom stereocenters. The van der Waals surface area contributed by atoms with Crippen molar-refractivity contribution in [3.63, 3.8) is 0 Å². The molecule has 0 aliphatic rings. The van der Waals surface area contributed by atoms with Gasteiger partial charge in [0.15, 0.2) is 4.80 Å². The van der Waals surface area contributed by atoms with Gasteiger partial charge in [0.25, 0.3) is 0 Å². The number of aryl methyl sites for hydroxylation is 1. The number of ether oxygens (including phenoxy) is 1. The fourth-order valence-corrected chi connectivity index (χ4v) is 5.43. The van der Waals surface area contributed by atoms with Crippen LogP contribution in [-0.4, -0.2) is 37.7 Å². The number of fused-ring (bicyclic) bond motifs is 1. The average molecular weight is 494 g/mol. The largest absolute Gasteiger partial charge is 0.468 e. The molecule has 32 heavy (non-hydrogen) atoms. The monoisotopic (exact) mass is 493 g/mol. The maximum absolute atomic E-state index is 12.5. The van der Waals surface area contributed by atoms with E-state index in [9.17, 15) is 18.0 Å². The number of esters is 1. The van der Waals surface area contributed by atoms with E-state index in [4.69, 9.17) is 9.88 Å². The number of hydrogen-bond donors (Lipinski definition) is 1. The summed E-state index contributed by atoms with van der Waals surface area (Å²) in [6, 6.07) is 12.5. The summed E-state index contributed by atoms with van der Waals surface area (Å²) in [6.45, 7) is 1.88. The van der Waals surface area contributed by atoms with Gasteiger partial charge in [-0.1, -0.05) is 29.0 Å². The highest BCUT2D eigenvalue weighted by Crippen LogP contribution is 2.22. The van der Waals surface area contributed by atoms with E-state index in [0.29, 0.717) is 21.4 Å². The van der Waals surface area contributed by atoms with Gasteiger partial charge >= 0.3 is 5.97 Å². The highest BCUT2D eigenvalue weighted by molar-refractivity contribution is 7.99. The minimum atomic E-state index is -3.88. The third-order valence-electron chi connectivity index (χ3n) is 4.54. The van der Waals surface area contributed by atoms with E-state index in [0.717, 1.165) is 22.0 Å². The minimum Gasteiger partial charge on any atom is -0.468 e. The molecule has 2 N–H and O–H groups in total. The molecule has 0 fully saturated rings. The summed E-state index contributed by atoms with van der Waals surface area (Å²) >= 11 is 2.79. The van der Waals surface area contributed by atoms with E-state index >= 15 is 0 Å². The number of hydrogen-bond acceptors (Lipinski definition) is 7. The normalized spacial score (nSPS) is 12.3. The Hall–Kier alpha value is -2.47. The zero-order valence-corrected chi connectivity index (χ0v) is 20.1. The standard InChI is InChI=1S/C21H23N3O5S3/c1-14-5-7-15(8-6-14)30-11-3-4-19(25)23-21-24(13-20(26)29-2)17-10-9-16(32(22,27)28)12-18(17)31-21/h5-10,12H,3-4,11,13H2,1-2H3,(H2,22,27,28). The second-order valence-corrected chi connectivity index (χ2v) is 10.7. The predicted molar refractivity (Wildman–Crippen MR) is 125 cm³/mol. The number of amides is 1. The second-order valence-electron chi connectivity index (χ2n) is 6.99. The Labute approximate surface area is 194 Å². The molecule has 0 aliphatic heterocycles. The van der Waals surface area contributed by atoms with Crippen LogP contribution in [0.2, 0.25) is 0 Å². The predicted octanol–water partition coefficient (Wildman–Crippen LogP) is 2.83.